The SMILES string of the molecule is CC(C)(C)c1ccc(C(=O)N2CCN(c3ccc(-c4ccc(Cl)cc4Cl)nn3)CC2)cc1. The van der Waals surface area contributed by atoms with E-state index in [1.807, 2.05) is 47.4 Å². The van der Waals surface area contributed by atoms with Gasteiger partial charge in [0.15, 0.2) is 5.82 Å². The molecule has 166 valence electrons. The van der Waals surface area contributed by atoms with Gasteiger partial charge in [0.05, 0.1) is 10.7 Å². The maximum absolute atomic E-state index is 12.9. The molecule has 5 nitrogen and oxygen atoms in total. The smallest absolute Gasteiger partial charge is 0.253 e. The van der Waals surface area contributed by atoms with Gasteiger partial charge in [0.1, 0.15) is 0 Å². The second-order valence-corrected chi connectivity index (χ2v) is 9.85. The van der Waals surface area contributed by atoms with Crippen molar-refractivity contribution in [3.63, 3.8) is 0 Å². The van der Waals surface area contributed by atoms with Gasteiger partial charge >= 0.3 is 0 Å². The lowest BCUT2D eigenvalue weighted by molar-refractivity contribution is 0.0746. The predicted molar refractivity (Wildman–Crippen MR) is 131 cm³/mol. The first-order valence-electron chi connectivity index (χ1n) is 10.7. The van der Waals surface area contributed by atoms with E-state index < -0.39 is 0 Å². The molecule has 0 bridgehead atoms. The van der Waals surface area contributed by atoms with Crippen LogP contribution in [0.2, 0.25) is 10.0 Å². The largest absolute Gasteiger partial charge is 0.352 e. The first-order valence-corrected chi connectivity index (χ1v) is 11.4. The molecule has 7 heteroatoms. The van der Waals surface area contributed by atoms with E-state index in [2.05, 4.69) is 35.9 Å². The summed E-state index contributed by atoms with van der Waals surface area (Å²) in [5.74, 6) is 0.865. The molecule has 1 aliphatic heterocycles. The number of hydrogen-bond acceptors (Lipinski definition) is 4. The van der Waals surface area contributed by atoms with Gasteiger partial charge in [0.2, 0.25) is 0 Å². The molecule has 0 aliphatic carbocycles. The van der Waals surface area contributed by atoms with Crippen LogP contribution in [-0.2, 0) is 5.41 Å². The average Bonchev–Trinajstić information content (AvgIpc) is 2.78. The van der Waals surface area contributed by atoms with Crippen molar-refractivity contribution >= 4 is 34.9 Å². The second kappa shape index (κ2) is 9.08. The topological polar surface area (TPSA) is 49.3 Å². The molecule has 3 aromatic rings. The van der Waals surface area contributed by atoms with Crippen molar-refractivity contribution in [2.24, 2.45) is 0 Å². The maximum Gasteiger partial charge on any atom is 0.253 e. The number of nitrogens with zero attached hydrogens (tertiary/aromatic N) is 4. The van der Waals surface area contributed by atoms with E-state index in [0.29, 0.717) is 41.9 Å². The van der Waals surface area contributed by atoms with Crippen LogP contribution in [0.25, 0.3) is 11.3 Å². The van der Waals surface area contributed by atoms with E-state index in [1.54, 1.807) is 12.1 Å². The third-order valence-electron chi connectivity index (χ3n) is 5.75. The molecule has 4 rings (SSSR count). The zero-order valence-electron chi connectivity index (χ0n) is 18.5. The summed E-state index contributed by atoms with van der Waals surface area (Å²) in [6.07, 6.45) is 0. The van der Waals surface area contributed by atoms with Gasteiger partial charge in [-0.25, -0.2) is 0 Å². The molecule has 0 spiro atoms. The molecular weight excluding hydrogens is 443 g/mol. The Morgan fingerprint density at radius 2 is 1.56 bits per heavy atom. The Morgan fingerprint density at radius 1 is 0.875 bits per heavy atom. The van der Waals surface area contributed by atoms with Gasteiger partial charge in [0, 0.05) is 42.3 Å². The van der Waals surface area contributed by atoms with Crippen molar-refractivity contribution in [3.8, 4) is 11.3 Å². The van der Waals surface area contributed by atoms with Gasteiger partial charge in [-0.15, -0.1) is 10.2 Å². The van der Waals surface area contributed by atoms with E-state index in [9.17, 15) is 4.79 Å². The molecule has 0 unspecified atom stereocenters. The first-order chi connectivity index (χ1) is 15.2. The summed E-state index contributed by atoms with van der Waals surface area (Å²) in [5.41, 5.74) is 3.52. The number of carbonyl (C=O) groups is 1. The minimum atomic E-state index is 0.0721. The highest BCUT2D eigenvalue weighted by Crippen LogP contribution is 2.29. The summed E-state index contributed by atoms with van der Waals surface area (Å²) in [6.45, 7) is 9.22. The van der Waals surface area contributed by atoms with E-state index in [4.69, 9.17) is 23.2 Å². The number of halogens is 2. The number of piperazine rings is 1. The quantitative estimate of drug-likeness (QED) is 0.493. The summed E-state index contributed by atoms with van der Waals surface area (Å²) in [4.78, 5) is 17.0. The van der Waals surface area contributed by atoms with E-state index in [-0.39, 0.29) is 11.3 Å². The van der Waals surface area contributed by atoms with Crippen LogP contribution in [0.5, 0.6) is 0 Å². The zero-order valence-corrected chi connectivity index (χ0v) is 20.0. The highest BCUT2D eigenvalue weighted by molar-refractivity contribution is 6.36. The summed E-state index contributed by atoms with van der Waals surface area (Å²) in [6, 6.07) is 17.1. The van der Waals surface area contributed by atoms with Crippen LogP contribution in [0, 0.1) is 0 Å². The van der Waals surface area contributed by atoms with E-state index in [1.165, 1.54) is 5.56 Å². The van der Waals surface area contributed by atoms with Crippen LogP contribution in [0.15, 0.2) is 54.6 Å². The Kier molecular flexibility index (Phi) is 6.40. The fourth-order valence-corrected chi connectivity index (χ4v) is 4.27. The summed E-state index contributed by atoms with van der Waals surface area (Å²) >= 11 is 12.3. The van der Waals surface area contributed by atoms with Crippen LogP contribution in [0.4, 0.5) is 5.82 Å². The molecule has 1 amide bonds. The fourth-order valence-electron chi connectivity index (χ4n) is 3.77. The van der Waals surface area contributed by atoms with Crippen LogP contribution in [-0.4, -0.2) is 47.2 Å². The summed E-state index contributed by atoms with van der Waals surface area (Å²) in [7, 11) is 0. The second-order valence-electron chi connectivity index (χ2n) is 9.01. The molecule has 0 atom stereocenters. The van der Waals surface area contributed by atoms with Crippen molar-refractivity contribution in [2.75, 3.05) is 31.1 Å². The minimum absolute atomic E-state index is 0.0721. The molecule has 1 aliphatic rings. The molecule has 0 saturated carbocycles. The van der Waals surface area contributed by atoms with Gasteiger partial charge in [-0.2, -0.15) is 0 Å². The van der Waals surface area contributed by atoms with Crippen LogP contribution in [0.1, 0.15) is 36.7 Å². The monoisotopic (exact) mass is 468 g/mol. The van der Waals surface area contributed by atoms with Crippen molar-refractivity contribution in [3.05, 3.63) is 75.8 Å². The molecule has 32 heavy (non-hydrogen) atoms. The van der Waals surface area contributed by atoms with Crippen molar-refractivity contribution in [1.29, 1.82) is 0 Å². The number of aromatic nitrogens is 2. The number of carbonyl (C=O) groups excluding carboxylic acids is 1. The lowest BCUT2D eigenvalue weighted by atomic mass is 9.86. The van der Waals surface area contributed by atoms with Crippen molar-refractivity contribution < 1.29 is 4.79 Å². The Morgan fingerprint density at radius 3 is 2.12 bits per heavy atom. The van der Waals surface area contributed by atoms with E-state index >= 15 is 0 Å². The van der Waals surface area contributed by atoms with Crippen LogP contribution < -0.4 is 4.90 Å². The number of benzene rings is 2. The van der Waals surface area contributed by atoms with Crippen molar-refractivity contribution in [2.45, 2.75) is 26.2 Å². The third-order valence-corrected chi connectivity index (χ3v) is 6.29. The molecule has 1 fully saturated rings. The normalized spacial score (nSPS) is 14.5. The maximum atomic E-state index is 12.9. The molecule has 1 saturated heterocycles. The Hall–Kier alpha value is -2.63. The van der Waals surface area contributed by atoms with Gasteiger partial charge in [0.25, 0.3) is 5.91 Å². The van der Waals surface area contributed by atoms with Gasteiger partial charge in [-0.05, 0) is 53.4 Å². The average molecular weight is 469 g/mol. The minimum Gasteiger partial charge on any atom is -0.352 e. The number of amides is 1. The Bertz CT molecular complexity index is 1100. The summed E-state index contributed by atoms with van der Waals surface area (Å²) < 4.78 is 0. The molecule has 2 heterocycles. The third kappa shape index (κ3) is 4.89. The lowest BCUT2D eigenvalue weighted by Crippen LogP contribution is -2.49. The molecular formula is C25H26Cl2N4O. The molecule has 2 aromatic carbocycles. The van der Waals surface area contributed by atoms with Crippen LogP contribution >= 0.6 is 23.2 Å². The molecule has 0 radical (unpaired) electrons. The molecule has 0 N–H and O–H groups in total. The van der Waals surface area contributed by atoms with E-state index in [0.717, 1.165) is 16.9 Å². The number of hydrogen-bond donors (Lipinski definition) is 0. The number of rotatable bonds is 3. The Labute approximate surface area is 199 Å². The summed E-state index contributed by atoms with van der Waals surface area (Å²) in [5, 5.41) is 9.86. The first kappa shape index (κ1) is 22.6. The standard InChI is InChI=1S/C25H26Cl2N4O/c1-25(2,3)18-6-4-17(5-7-18)24(32)31-14-12-30(13-15-31)23-11-10-22(28-29-23)20-9-8-19(26)16-21(20)27/h4-11,16H,12-15H2,1-3H3. The van der Waals surface area contributed by atoms with Gasteiger partial charge in [-0.3, -0.25) is 4.79 Å². The van der Waals surface area contributed by atoms with Gasteiger partial charge in [-0.1, -0.05) is 56.1 Å². The molecule has 1 aromatic heterocycles. The predicted octanol–water partition coefficient (Wildman–Crippen LogP) is 5.71. The highest BCUT2D eigenvalue weighted by Gasteiger charge is 2.24. The van der Waals surface area contributed by atoms with Crippen LogP contribution in [0.3, 0.4) is 0 Å². The lowest BCUT2D eigenvalue weighted by Gasteiger charge is -2.35. The fraction of sp³-hybridized carbons (Fsp3) is 0.320. The van der Waals surface area contributed by atoms with Gasteiger partial charge < -0.3 is 9.80 Å². The zero-order chi connectivity index (χ0) is 22.9. The Balaban J connectivity index is 1.38. The number of anilines is 1. The highest BCUT2D eigenvalue weighted by atomic mass is 35.5. The van der Waals surface area contributed by atoms with Crippen molar-refractivity contribution in [1.82, 2.24) is 15.1 Å².